The molecule has 2 N–H and O–H groups in total. The van der Waals surface area contributed by atoms with Crippen molar-refractivity contribution in [2.24, 2.45) is 5.73 Å². The van der Waals surface area contributed by atoms with E-state index in [1.54, 1.807) is 23.9 Å². The van der Waals surface area contributed by atoms with E-state index in [1.165, 1.54) is 6.07 Å². The number of nitrogens with zero attached hydrogens (tertiary/aromatic N) is 1. The molecule has 0 aromatic heterocycles. The van der Waals surface area contributed by atoms with Gasteiger partial charge in [0.2, 0.25) is 0 Å². The van der Waals surface area contributed by atoms with Crippen LogP contribution in [-0.2, 0) is 0 Å². The highest BCUT2D eigenvalue weighted by Gasteiger charge is 2.22. The summed E-state index contributed by atoms with van der Waals surface area (Å²) in [7, 11) is 2.02. The second kappa shape index (κ2) is 8.60. The van der Waals surface area contributed by atoms with Crippen molar-refractivity contribution in [2.75, 3.05) is 25.6 Å². The number of hydrogen-bond donors (Lipinski definition) is 1. The molecule has 20 heavy (non-hydrogen) atoms. The van der Waals surface area contributed by atoms with Crippen molar-refractivity contribution in [1.82, 2.24) is 4.90 Å². The molecule has 2 nitrogen and oxygen atoms in total. The Morgan fingerprint density at radius 3 is 2.45 bits per heavy atom. The van der Waals surface area contributed by atoms with Crippen molar-refractivity contribution in [3.63, 3.8) is 0 Å². The zero-order valence-electron chi connectivity index (χ0n) is 12.4. The quantitative estimate of drug-likeness (QED) is 0.794. The minimum Gasteiger partial charge on any atom is -0.329 e. The van der Waals surface area contributed by atoms with Gasteiger partial charge in [0.25, 0.3) is 6.43 Å². The molecule has 0 aliphatic carbocycles. The van der Waals surface area contributed by atoms with Crippen molar-refractivity contribution in [3.05, 3.63) is 35.4 Å². The fourth-order valence-corrected chi connectivity index (χ4v) is 3.27. The Bertz CT molecular complexity index is 401. The Balaban J connectivity index is 2.96. The Morgan fingerprint density at radius 1 is 1.30 bits per heavy atom. The SMILES string of the molecule is CCC(CSC)N(C)C(CN)c1cccc(C(F)F)c1. The highest BCUT2D eigenvalue weighted by molar-refractivity contribution is 7.98. The monoisotopic (exact) mass is 302 g/mol. The van der Waals surface area contributed by atoms with Gasteiger partial charge >= 0.3 is 0 Å². The molecule has 2 atom stereocenters. The Morgan fingerprint density at radius 2 is 1.95 bits per heavy atom. The number of likely N-dealkylation sites (N-methyl/N-ethyl adjacent to an activating group) is 1. The number of halogens is 2. The van der Waals surface area contributed by atoms with E-state index < -0.39 is 6.43 Å². The number of thioether (sulfide) groups is 1. The van der Waals surface area contributed by atoms with Gasteiger partial charge in [0.1, 0.15) is 0 Å². The van der Waals surface area contributed by atoms with E-state index >= 15 is 0 Å². The maximum absolute atomic E-state index is 12.8. The lowest BCUT2D eigenvalue weighted by Crippen LogP contribution is -2.39. The molecule has 1 aromatic rings. The summed E-state index contributed by atoms with van der Waals surface area (Å²) in [6.07, 6.45) is 0.653. The normalized spacial score (nSPS) is 14.8. The van der Waals surface area contributed by atoms with Gasteiger partial charge in [-0.1, -0.05) is 25.1 Å². The molecule has 0 saturated heterocycles. The van der Waals surface area contributed by atoms with E-state index in [9.17, 15) is 8.78 Å². The first-order valence-electron chi connectivity index (χ1n) is 6.84. The number of rotatable bonds is 8. The second-order valence-corrected chi connectivity index (χ2v) is 5.82. The zero-order valence-corrected chi connectivity index (χ0v) is 13.2. The molecule has 0 saturated carbocycles. The minimum absolute atomic E-state index is 0.0224. The van der Waals surface area contributed by atoms with Gasteiger partial charge in [-0.25, -0.2) is 8.78 Å². The van der Waals surface area contributed by atoms with Crippen LogP contribution in [0.1, 0.15) is 36.9 Å². The second-order valence-electron chi connectivity index (χ2n) is 4.91. The van der Waals surface area contributed by atoms with E-state index in [2.05, 4.69) is 18.1 Å². The minimum atomic E-state index is -2.44. The molecule has 0 aliphatic rings. The Kier molecular flexibility index (Phi) is 7.48. The predicted octanol–water partition coefficient (Wildman–Crippen LogP) is 3.70. The first kappa shape index (κ1) is 17.4. The topological polar surface area (TPSA) is 29.3 Å². The first-order valence-corrected chi connectivity index (χ1v) is 8.23. The van der Waals surface area contributed by atoms with Crippen LogP contribution in [0.5, 0.6) is 0 Å². The highest BCUT2D eigenvalue weighted by Crippen LogP contribution is 2.27. The highest BCUT2D eigenvalue weighted by atomic mass is 32.2. The van der Waals surface area contributed by atoms with Gasteiger partial charge in [-0.2, -0.15) is 11.8 Å². The molecule has 0 aliphatic heterocycles. The Hall–Kier alpha value is -0.650. The third-order valence-electron chi connectivity index (χ3n) is 3.67. The lowest BCUT2D eigenvalue weighted by atomic mass is 10.0. The lowest BCUT2D eigenvalue weighted by Gasteiger charge is -2.34. The van der Waals surface area contributed by atoms with Crippen molar-refractivity contribution < 1.29 is 8.78 Å². The molecule has 0 radical (unpaired) electrons. The summed E-state index contributed by atoms with van der Waals surface area (Å²) >= 11 is 1.79. The molecule has 2 unspecified atom stereocenters. The smallest absolute Gasteiger partial charge is 0.263 e. The number of nitrogens with two attached hydrogens (primary N) is 1. The van der Waals surface area contributed by atoms with Crippen LogP contribution in [0.4, 0.5) is 8.78 Å². The number of benzene rings is 1. The third-order valence-corrected chi connectivity index (χ3v) is 4.39. The van der Waals surface area contributed by atoms with Crippen LogP contribution >= 0.6 is 11.8 Å². The average molecular weight is 302 g/mol. The molecule has 5 heteroatoms. The third kappa shape index (κ3) is 4.43. The van der Waals surface area contributed by atoms with Gasteiger partial charge in [-0.15, -0.1) is 0 Å². The van der Waals surface area contributed by atoms with Crippen LogP contribution < -0.4 is 5.73 Å². The summed E-state index contributed by atoms with van der Waals surface area (Å²) in [6.45, 7) is 2.56. The number of hydrogen-bond acceptors (Lipinski definition) is 3. The molecule has 1 rings (SSSR count). The summed E-state index contributed by atoms with van der Waals surface area (Å²) in [5.41, 5.74) is 6.81. The molecule has 1 aromatic carbocycles. The summed E-state index contributed by atoms with van der Waals surface area (Å²) < 4.78 is 25.6. The van der Waals surface area contributed by atoms with E-state index in [0.29, 0.717) is 12.6 Å². The molecule has 0 heterocycles. The zero-order chi connectivity index (χ0) is 15.1. The van der Waals surface area contributed by atoms with Crippen LogP contribution in [0, 0.1) is 0 Å². The average Bonchev–Trinajstić information content (AvgIpc) is 2.45. The molecule has 114 valence electrons. The standard InChI is InChI=1S/C15H24F2N2S/c1-4-13(10-20-3)19(2)14(9-18)11-6-5-7-12(8-11)15(16)17/h5-8,13-15H,4,9-10,18H2,1-3H3. The molecular formula is C15H24F2N2S. The first-order chi connectivity index (χ1) is 9.54. The molecule has 0 fully saturated rings. The van der Waals surface area contributed by atoms with Crippen LogP contribution in [0.3, 0.4) is 0 Å². The molecule has 0 amide bonds. The van der Waals surface area contributed by atoms with Gasteiger partial charge < -0.3 is 5.73 Å². The molecule has 0 bridgehead atoms. The summed E-state index contributed by atoms with van der Waals surface area (Å²) in [6, 6.07) is 6.97. The van der Waals surface area contributed by atoms with Gasteiger partial charge in [0.05, 0.1) is 0 Å². The van der Waals surface area contributed by atoms with Crippen LogP contribution in [0.2, 0.25) is 0 Å². The predicted molar refractivity (Wildman–Crippen MR) is 83.4 cm³/mol. The largest absolute Gasteiger partial charge is 0.329 e. The van der Waals surface area contributed by atoms with Crippen LogP contribution in [0.25, 0.3) is 0 Å². The van der Waals surface area contributed by atoms with Crippen molar-refractivity contribution in [1.29, 1.82) is 0 Å². The lowest BCUT2D eigenvalue weighted by molar-refractivity contribution is 0.150. The van der Waals surface area contributed by atoms with Crippen molar-refractivity contribution in [3.8, 4) is 0 Å². The van der Waals surface area contributed by atoms with E-state index in [0.717, 1.165) is 17.7 Å². The van der Waals surface area contributed by atoms with Crippen molar-refractivity contribution >= 4 is 11.8 Å². The maximum Gasteiger partial charge on any atom is 0.263 e. The van der Waals surface area contributed by atoms with E-state index in [4.69, 9.17) is 5.73 Å². The maximum atomic E-state index is 12.8. The van der Waals surface area contributed by atoms with E-state index in [-0.39, 0.29) is 11.6 Å². The van der Waals surface area contributed by atoms with Gasteiger partial charge in [-0.3, -0.25) is 4.90 Å². The van der Waals surface area contributed by atoms with Gasteiger partial charge in [0.15, 0.2) is 0 Å². The van der Waals surface area contributed by atoms with Crippen LogP contribution in [-0.4, -0.2) is 36.5 Å². The number of alkyl halides is 2. The summed E-state index contributed by atoms with van der Waals surface area (Å²) in [5, 5.41) is 0. The van der Waals surface area contributed by atoms with E-state index in [1.807, 2.05) is 13.1 Å². The fraction of sp³-hybridized carbons (Fsp3) is 0.600. The fourth-order valence-electron chi connectivity index (χ4n) is 2.41. The van der Waals surface area contributed by atoms with Crippen molar-refractivity contribution in [2.45, 2.75) is 31.9 Å². The van der Waals surface area contributed by atoms with Gasteiger partial charge in [0, 0.05) is 29.9 Å². The summed E-state index contributed by atoms with van der Waals surface area (Å²) in [4.78, 5) is 2.21. The molecular weight excluding hydrogens is 278 g/mol. The Labute approximate surface area is 124 Å². The molecule has 0 spiro atoms. The van der Waals surface area contributed by atoms with Crippen LogP contribution in [0.15, 0.2) is 24.3 Å². The van der Waals surface area contributed by atoms with Gasteiger partial charge in [-0.05, 0) is 31.4 Å². The summed E-state index contributed by atoms with van der Waals surface area (Å²) in [5.74, 6) is 1.01.